The smallest absolute Gasteiger partial charge is 0.344 e. The van der Waals surface area contributed by atoms with E-state index in [4.69, 9.17) is 10.2 Å². The van der Waals surface area contributed by atoms with Gasteiger partial charge in [0, 0.05) is 0 Å². The summed E-state index contributed by atoms with van der Waals surface area (Å²) < 4.78 is 28.3. The highest BCUT2D eigenvalue weighted by atomic mass is 19.1. The van der Waals surface area contributed by atoms with Crippen molar-refractivity contribution in [1.82, 2.24) is 0 Å². The molecule has 0 fully saturated rings. The molecule has 104 valence electrons. The Morgan fingerprint density at radius 1 is 0.842 bits per heavy atom. The van der Waals surface area contributed by atoms with E-state index >= 15 is 0 Å². The highest BCUT2D eigenvalue weighted by Gasteiger charge is 2.22. The van der Waals surface area contributed by atoms with Crippen LogP contribution in [0.15, 0.2) is 23.8 Å². The van der Waals surface area contributed by atoms with Gasteiger partial charge in [0.15, 0.2) is 0 Å². The number of ether oxygens (including phenoxy) is 1. The zero-order valence-corrected chi connectivity index (χ0v) is 9.26. The number of carbonyl (C=O) groups excluding carboxylic acids is 2. The largest absolute Gasteiger partial charge is 0.481 e. The van der Waals surface area contributed by atoms with Crippen molar-refractivity contribution in [1.29, 1.82) is 0 Å². The van der Waals surface area contributed by atoms with Crippen LogP contribution in [-0.4, -0.2) is 34.1 Å². The minimum Gasteiger partial charge on any atom is -0.481 e. The number of esters is 2. The molecule has 7 nitrogen and oxygen atoms in total. The minimum absolute atomic E-state index is 0.375. The van der Waals surface area contributed by atoms with Gasteiger partial charge < -0.3 is 14.9 Å². The normalized spacial score (nSPS) is 11.9. The van der Waals surface area contributed by atoms with Gasteiger partial charge in [-0.2, -0.15) is 0 Å². The lowest BCUT2D eigenvalue weighted by Crippen LogP contribution is -2.18. The van der Waals surface area contributed by atoms with Gasteiger partial charge in [-0.25, -0.2) is 18.4 Å². The van der Waals surface area contributed by atoms with Crippen molar-refractivity contribution >= 4 is 23.9 Å². The number of carboxylic acids is 2. The summed E-state index contributed by atoms with van der Waals surface area (Å²) in [6.07, 6.45) is -2.84. The monoisotopic (exact) mass is 278 g/mol. The standard InChI is InChI=1S/C10H8F2O7/c11-3-5(1-7(13)14)9(17)19-10(18)6(4-12)2-8(15)16/h3-4H,1-2H2,(H,13,14)(H,15,16). The van der Waals surface area contributed by atoms with Crippen molar-refractivity contribution in [2.75, 3.05) is 0 Å². The molecule has 0 aliphatic heterocycles. The van der Waals surface area contributed by atoms with E-state index in [0.717, 1.165) is 0 Å². The summed E-state index contributed by atoms with van der Waals surface area (Å²) in [4.78, 5) is 42.7. The van der Waals surface area contributed by atoms with E-state index < -0.39 is 47.9 Å². The molecule has 0 spiro atoms. The summed E-state index contributed by atoms with van der Waals surface area (Å²) >= 11 is 0. The molecule has 0 aromatic carbocycles. The quantitative estimate of drug-likeness (QED) is 0.417. The Kier molecular flexibility index (Phi) is 6.65. The Morgan fingerprint density at radius 3 is 1.37 bits per heavy atom. The molecule has 0 heterocycles. The Labute approximate surface area is 104 Å². The number of halogens is 2. The molecule has 9 heteroatoms. The number of carbonyl (C=O) groups is 4. The number of hydrogen-bond acceptors (Lipinski definition) is 5. The molecule has 0 atom stereocenters. The number of hydrogen-bond donors (Lipinski definition) is 2. The molecule has 0 aliphatic rings. The topological polar surface area (TPSA) is 118 Å². The molecule has 0 amide bonds. The average Bonchev–Trinajstić information content (AvgIpc) is 2.31. The van der Waals surface area contributed by atoms with Crippen molar-refractivity contribution in [3.63, 3.8) is 0 Å². The molecule has 0 unspecified atom stereocenters. The number of aliphatic carboxylic acids is 2. The molecule has 0 radical (unpaired) electrons. The lowest BCUT2D eigenvalue weighted by atomic mass is 10.2. The predicted molar refractivity (Wildman–Crippen MR) is 54.0 cm³/mol. The van der Waals surface area contributed by atoms with Gasteiger partial charge in [-0.15, -0.1) is 0 Å². The third kappa shape index (κ3) is 6.05. The summed E-state index contributed by atoms with van der Waals surface area (Å²) in [6.45, 7) is 0. The summed E-state index contributed by atoms with van der Waals surface area (Å²) in [5.41, 5.74) is -1.95. The van der Waals surface area contributed by atoms with E-state index in [1.165, 1.54) is 0 Å². The van der Waals surface area contributed by atoms with Crippen LogP contribution in [0.5, 0.6) is 0 Å². The fraction of sp³-hybridized carbons (Fsp3) is 0.200. The third-order valence-corrected chi connectivity index (χ3v) is 1.66. The second-order valence-electron chi connectivity index (χ2n) is 3.09. The van der Waals surface area contributed by atoms with Gasteiger partial charge in [0.2, 0.25) is 0 Å². The van der Waals surface area contributed by atoms with Gasteiger partial charge in [0.1, 0.15) is 0 Å². The maximum atomic E-state index is 12.2. The summed E-state index contributed by atoms with van der Waals surface area (Å²) in [6, 6.07) is 0. The van der Waals surface area contributed by atoms with Gasteiger partial charge in [-0.1, -0.05) is 0 Å². The lowest BCUT2D eigenvalue weighted by molar-refractivity contribution is -0.156. The summed E-state index contributed by atoms with van der Waals surface area (Å²) in [5.74, 6) is -6.39. The molecule has 0 saturated heterocycles. The molecular weight excluding hydrogens is 270 g/mol. The second-order valence-corrected chi connectivity index (χ2v) is 3.09. The van der Waals surface area contributed by atoms with Crippen molar-refractivity contribution in [3.05, 3.63) is 23.8 Å². The third-order valence-electron chi connectivity index (χ3n) is 1.66. The van der Waals surface area contributed by atoms with Gasteiger partial charge in [-0.3, -0.25) is 9.59 Å². The average molecular weight is 278 g/mol. The van der Waals surface area contributed by atoms with Gasteiger partial charge >= 0.3 is 23.9 Å². The van der Waals surface area contributed by atoms with E-state index in [-0.39, 0.29) is 12.7 Å². The van der Waals surface area contributed by atoms with Gasteiger partial charge in [0.25, 0.3) is 0 Å². The van der Waals surface area contributed by atoms with Crippen LogP contribution in [-0.2, 0) is 23.9 Å². The fourth-order valence-electron chi connectivity index (χ4n) is 0.852. The lowest BCUT2D eigenvalue weighted by Gasteiger charge is -2.04. The molecule has 0 rings (SSSR count). The molecule has 0 aromatic rings. The summed E-state index contributed by atoms with van der Waals surface area (Å²) in [5, 5.41) is 16.6. The van der Waals surface area contributed by atoms with E-state index in [0.29, 0.717) is 0 Å². The van der Waals surface area contributed by atoms with E-state index in [9.17, 15) is 28.0 Å². The first-order valence-corrected chi connectivity index (χ1v) is 4.60. The van der Waals surface area contributed by atoms with Crippen molar-refractivity contribution in [2.45, 2.75) is 12.8 Å². The predicted octanol–water partition coefficient (Wildman–Crippen LogP) is 0.712. The maximum absolute atomic E-state index is 12.2. The molecule has 2 N–H and O–H groups in total. The summed E-state index contributed by atoms with van der Waals surface area (Å²) in [7, 11) is 0. The molecule has 0 saturated carbocycles. The second kappa shape index (κ2) is 7.69. The zero-order valence-electron chi connectivity index (χ0n) is 9.26. The van der Waals surface area contributed by atoms with Gasteiger partial charge in [-0.05, 0) is 0 Å². The Bertz CT molecular complexity index is 422. The Hall–Kier alpha value is -2.58. The first-order chi connectivity index (χ1) is 8.81. The molecular formula is C10H8F2O7. The zero-order chi connectivity index (χ0) is 15.0. The Balaban J connectivity index is 4.76. The van der Waals surface area contributed by atoms with Crippen LogP contribution in [0.4, 0.5) is 8.78 Å². The van der Waals surface area contributed by atoms with Crippen LogP contribution in [0.2, 0.25) is 0 Å². The molecule has 0 aromatic heterocycles. The van der Waals surface area contributed by atoms with Crippen LogP contribution < -0.4 is 0 Å². The number of carboxylic acid groups (broad SMARTS) is 2. The van der Waals surface area contributed by atoms with Crippen molar-refractivity contribution in [3.8, 4) is 0 Å². The highest BCUT2D eigenvalue weighted by Crippen LogP contribution is 2.10. The Morgan fingerprint density at radius 2 is 1.16 bits per heavy atom. The van der Waals surface area contributed by atoms with Crippen LogP contribution in [0.25, 0.3) is 0 Å². The van der Waals surface area contributed by atoms with E-state index in [1.807, 2.05) is 0 Å². The van der Waals surface area contributed by atoms with Crippen LogP contribution in [0.1, 0.15) is 12.8 Å². The van der Waals surface area contributed by atoms with Crippen molar-refractivity contribution in [2.24, 2.45) is 0 Å². The van der Waals surface area contributed by atoms with E-state index in [2.05, 4.69) is 4.74 Å². The maximum Gasteiger partial charge on any atom is 0.344 e. The molecule has 19 heavy (non-hydrogen) atoms. The van der Waals surface area contributed by atoms with Gasteiger partial charge in [0.05, 0.1) is 36.6 Å². The van der Waals surface area contributed by atoms with Crippen LogP contribution >= 0.6 is 0 Å². The highest BCUT2D eigenvalue weighted by molar-refractivity contribution is 6.04. The SMILES string of the molecule is O=C(O)CC(=CF)C(=O)OC(=O)C(=CF)CC(=O)O. The van der Waals surface area contributed by atoms with Crippen LogP contribution in [0.3, 0.4) is 0 Å². The first kappa shape index (κ1) is 16.4. The fourth-order valence-corrected chi connectivity index (χ4v) is 0.852. The van der Waals surface area contributed by atoms with Crippen LogP contribution in [0, 0.1) is 0 Å². The van der Waals surface area contributed by atoms with E-state index in [1.54, 1.807) is 0 Å². The molecule has 0 bridgehead atoms. The first-order valence-electron chi connectivity index (χ1n) is 4.60. The minimum atomic E-state index is -1.64. The van der Waals surface area contributed by atoms with Crippen molar-refractivity contribution < 1.29 is 42.9 Å². The number of rotatable bonds is 6. The molecule has 0 aliphatic carbocycles.